The zero-order valence-electron chi connectivity index (χ0n) is 9.27. The van der Waals surface area contributed by atoms with Gasteiger partial charge in [-0.3, -0.25) is 0 Å². The van der Waals surface area contributed by atoms with Crippen molar-refractivity contribution in [3.05, 3.63) is 12.2 Å². The zero-order valence-corrected chi connectivity index (χ0v) is 9.27. The Morgan fingerprint density at radius 3 is 2.62 bits per heavy atom. The molecule has 0 spiro atoms. The Labute approximate surface area is 94.3 Å². The molecule has 0 rings (SSSR count). The molecule has 0 radical (unpaired) electrons. The summed E-state index contributed by atoms with van der Waals surface area (Å²) < 4.78 is 0. The summed E-state index contributed by atoms with van der Waals surface area (Å²) in [4.78, 5) is 21.8. The number of rotatable bonds is 7. The molecule has 0 saturated heterocycles. The number of carboxylic acids is 1. The monoisotopic (exact) mass is 230 g/mol. The molecule has 6 heteroatoms. The second-order valence-electron chi connectivity index (χ2n) is 3.16. The predicted molar refractivity (Wildman–Crippen MR) is 59.1 cm³/mol. The maximum atomic E-state index is 11.2. The number of allylic oxidation sites excluding steroid dienone is 1. The molecule has 92 valence electrons. The summed E-state index contributed by atoms with van der Waals surface area (Å²) in [5.74, 6) is -1.15. The lowest BCUT2D eigenvalue weighted by molar-refractivity contribution is -0.139. The van der Waals surface area contributed by atoms with Gasteiger partial charge in [0.25, 0.3) is 0 Å². The zero-order chi connectivity index (χ0) is 12.4. The standard InChI is InChI=1S/C10H18N2O4/c1-2-3-4-6-11-10(16)12-8(5-7-13)9(14)15/h2-3,8,13H,4-7H2,1H3,(H,14,15)(H2,11,12,16)/b3-2+/t8-/m0/s1. The van der Waals surface area contributed by atoms with Gasteiger partial charge in [-0.15, -0.1) is 0 Å². The SMILES string of the molecule is C/C=C/CCNC(=O)N[C@@H](CCO)C(=O)O. The number of hydrogen-bond acceptors (Lipinski definition) is 3. The number of nitrogens with one attached hydrogen (secondary N) is 2. The van der Waals surface area contributed by atoms with Crippen molar-refractivity contribution in [2.24, 2.45) is 0 Å². The Balaban J connectivity index is 3.86. The van der Waals surface area contributed by atoms with Gasteiger partial charge in [-0.25, -0.2) is 9.59 Å². The summed E-state index contributed by atoms with van der Waals surface area (Å²) in [6.45, 7) is 2.04. The van der Waals surface area contributed by atoms with Crippen LogP contribution in [0.2, 0.25) is 0 Å². The highest BCUT2D eigenvalue weighted by molar-refractivity contribution is 5.82. The van der Waals surface area contributed by atoms with Gasteiger partial charge in [-0.2, -0.15) is 0 Å². The smallest absolute Gasteiger partial charge is 0.326 e. The summed E-state index contributed by atoms with van der Waals surface area (Å²) in [6, 6.07) is -1.59. The van der Waals surface area contributed by atoms with E-state index >= 15 is 0 Å². The molecule has 0 aromatic carbocycles. The molecule has 2 amide bonds. The van der Waals surface area contributed by atoms with Crippen molar-refractivity contribution in [1.29, 1.82) is 0 Å². The first-order valence-electron chi connectivity index (χ1n) is 5.11. The minimum atomic E-state index is -1.15. The Morgan fingerprint density at radius 2 is 2.12 bits per heavy atom. The highest BCUT2D eigenvalue weighted by atomic mass is 16.4. The maximum absolute atomic E-state index is 11.2. The van der Waals surface area contributed by atoms with Gasteiger partial charge in [0.2, 0.25) is 0 Å². The minimum Gasteiger partial charge on any atom is -0.480 e. The quantitative estimate of drug-likeness (QED) is 0.368. The molecule has 0 aromatic rings. The van der Waals surface area contributed by atoms with E-state index < -0.39 is 18.0 Å². The fourth-order valence-electron chi connectivity index (χ4n) is 1.03. The highest BCUT2D eigenvalue weighted by Crippen LogP contribution is 1.91. The topological polar surface area (TPSA) is 98.7 Å². The van der Waals surface area contributed by atoms with Crippen molar-refractivity contribution in [3.8, 4) is 0 Å². The van der Waals surface area contributed by atoms with E-state index in [1.54, 1.807) is 0 Å². The number of urea groups is 1. The summed E-state index contributed by atoms with van der Waals surface area (Å²) in [7, 11) is 0. The van der Waals surface area contributed by atoms with E-state index in [2.05, 4.69) is 10.6 Å². The van der Waals surface area contributed by atoms with Crippen molar-refractivity contribution >= 4 is 12.0 Å². The fraction of sp³-hybridized carbons (Fsp3) is 0.600. The third-order valence-corrected chi connectivity index (χ3v) is 1.85. The van der Waals surface area contributed by atoms with Crippen molar-refractivity contribution < 1.29 is 19.8 Å². The molecule has 0 aliphatic carbocycles. The number of carbonyl (C=O) groups excluding carboxylic acids is 1. The van der Waals surface area contributed by atoms with Gasteiger partial charge >= 0.3 is 12.0 Å². The van der Waals surface area contributed by atoms with Crippen LogP contribution in [0, 0.1) is 0 Å². The van der Waals surface area contributed by atoms with Crippen LogP contribution in [-0.4, -0.2) is 41.4 Å². The number of carboxylic acid groups (broad SMARTS) is 1. The van der Waals surface area contributed by atoms with Gasteiger partial charge < -0.3 is 20.8 Å². The molecule has 0 unspecified atom stereocenters. The number of aliphatic hydroxyl groups excluding tert-OH is 1. The van der Waals surface area contributed by atoms with E-state index in [4.69, 9.17) is 10.2 Å². The van der Waals surface area contributed by atoms with Crippen LogP contribution in [0.3, 0.4) is 0 Å². The number of aliphatic carboxylic acids is 1. The second kappa shape index (κ2) is 8.72. The second-order valence-corrected chi connectivity index (χ2v) is 3.16. The van der Waals surface area contributed by atoms with Crippen LogP contribution in [0.15, 0.2) is 12.2 Å². The summed E-state index contributed by atoms with van der Waals surface area (Å²) in [6.07, 6.45) is 4.45. The van der Waals surface area contributed by atoms with Gasteiger partial charge in [0.1, 0.15) is 6.04 Å². The van der Waals surface area contributed by atoms with Crippen molar-refractivity contribution in [1.82, 2.24) is 10.6 Å². The molecule has 0 heterocycles. The van der Waals surface area contributed by atoms with E-state index in [0.717, 1.165) is 0 Å². The van der Waals surface area contributed by atoms with Crippen molar-refractivity contribution in [2.75, 3.05) is 13.2 Å². The molecule has 0 aliphatic rings. The Kier molecular flexibility index (Phi) is 7.87. The largest absolute Gasteiger partial charge is 0.480 e. The number of hydrogen-bond donors (Lipinski definition) is 4. The number of aliphatic hydroxyl groups is 1. The molecule has 0 fully saturated rings. The van der Waals surface area contributed by atoms with Crippen LogP contribution < -0.4 is 10.6 Å². The molecular weight excluding hydrogens is 212 g/mol. The minimum absolute atomic E-state index is 0.00236. The summed E-state index contributed by atoms with van der Waals surface area (Å²) in [5.41, 5.74) is 0. The molecule has 0 saturated carbocycles. The third-order valence-electron chi connectivity index (χ3n) is 1.85. The Hall–Kier alpha value is -1.56. The van der Waals surface area contributed by atoms with Gasteiger partial charge in [0.15, 0.2) is 0 Å². The average Bonchev–Trinajstić information content (AvgIpc) is 2.23. The van der Waals surface area contributed by atoms with E-state index in [0.29, 0.717) is 13.0 Å². The maximum Gasteiger partial charge on any atom is 0.326 e. The average molecular weight is 230 g/mol. The van der Waals surface area contributed by atoms with Gasteiger partial charge in [0, 0.05) is 19.6 Å². The molecule has 16 heavy (non-hydrogen) atoms. The Morgan fingerprint density at radius 1 is 1.44 bits per heavy atom. The number of carbonyl (C=O) groups is 2. The Bertz CT molecular complexity index is 253. The van der Waals surface area contributed by atoms with Crippen LogP contribution in [0.5, 0.6) is 0 Å². The third kappa shape index (κ3) is 6.83. The summed E-state index contributed by atoms with van der Waals surface area (Å²) in [5, 5.41) is 22.1. The van der Waals surface area contributed by atoms with Gasteiger partial charge in [0.05, 0.1) is 0 Å². The number of amides is 2. The van der Waals surface area contributed by atoms with Crippen LogP contribution in [0.1, 0.15) is 19.8 Å². The van der Waals surface area contributed by atoms with Crippen LogP contribution in [0.25, 0.3) is 0 Å². The van der Waals surface area contributed by atoms with Gasteiger partial charge in [-0.1, -0.05) is 12.2 Å². The van der Waals surface area contributed by atoms with E-state index in [1.807, 2.05) is 19.1 Å². The molecule has 0 bridgehead atoms. The molecule has 1 atom stereocenters. The first-order chi connectivity index (χ1) is 7.61. The van der Waals surface area contributed by atoms with E-state index in [1.165, 1.54) is 0 Å². The lowest BCUT2D eigenvalue weighted by Crippen LogP contribution is -2.46. The first kappa shape index (κ1) is 14.4. The predicted octanol–water partition coefficient (Wildman–Crippen LogP) is 0.0874. The normalized spacial score (nSPS) is 12.4. The first-order valence-corrected chi connectivity index (χ1v) is 5.11. The van der Waals surface area contributed by atoms with E-state index in [-0.39, 0.29) is 13.0 Å². The lowest BCUT2D eigenvalue weighted by Gasteiger charge is -2.13. The van der Waals surface area contributed by atoms with Crippen LogP contribution in [0.4, 0.5) is 4.79 Å². The highest BCUT2D eigenvalue weighted by Gasteiger charge is 2.18. The van der Waals surface area contributed by atoms with E-state index in [9.17, 15) is 9.59 Å². The van der Waals surface area contributed by atoms with Crippen LogP contribution in [-0.2, 0) is 4.79 Å². The molecule has 0 aromatic heterocycles. The molecular formula is C10H18N2O4. The van der Waals surface area contributed by atoms with Gasteiger partial charge in [-0.05, 0) is 13.3 Å². The molecule has 4 N–H and O–H groups in total. The van der Waals surface area contributed by atoms with Crippen molar-refractivity contribution in [2.45, 2.75) is 25.8 Å². The van der Waals surface area contributed by atoms with Crippen molar-refractivity contribution in [3.63, 3.8) is 0 Å². The lowest BCUT2D eigenvalue weighted by atomic mass is 10.2. The molecule has 6 nitrogen and oxygen atoms in total. The van der Waals surface area contributed by atoms with Crippen LogP contribution >= 0.6 is 0 Å². The molecule has 0 aliphatic heterocycles. The fourth-order valence-corrected chi connectivity index (χ4v) is 1.03. The summed E-state index contributed by atoms with van der Waals surface area (Å²) >= 11 is 0.